The maximum atomic E-state index is 13.6. The number of carbonyl (C=O) groups is 2. The van der Waals surface area contributed by atoms with Gasteiger partial charge >= 0.3 is 12.1 Å². The third-order valence-electron chi connectivity index (χ3n) is 9.20. The van der Waals surface area contributed by atoms with E-state index in [1.165, 1.54) is 6.20 Å². The highest BCUT2D eigenvalue weighted by Gasteiger charge is 2.29. The van der Waals surface area contributed by atoms with E-state index in [4.69, 9.17) is 35.3 Å². The molecule has 4 heterocycles. The second kappa shape index (κ2) is 18.3. The molecule has 0 saturated carbocycles. The highest BCUT2D eigenvalue weighted by atomic mass is 79.9. The van der Waals surface area contributed by atoms with Crippen molar-refractivity contribution in [2.75, 3.05) is 44.9 Å². The predicted molar refractivity (Wildman–Crippen MR) is 221 cm³/mol. The molecule has 6 rings (SSSR count). The number of amides is 1. The fourth-order valence-corrected chi connectivity index (χ4v) is 7.01. The van der Waals surface area contributed by atoms with Crippen LogP contribution in [-0.2, 0) is 16.0 Å². The molecule has 13 nitrogen and oxygen atoms in total. The van der Waals surface area contributed by atoms with Gasteiger partial charge in [-0.3, -0.25) is 4.79 Å². The van der Waals surface area contributed by atoms with Crippen LogP contribution in [0, 0.1) is 0 Å². The lowest BCUT2D eigenvalue weighted by Gasteiger charge is -2.29. The van der Waals surface area contributed by atoms with E-state index in [1.54, 1.807) is 60.2 Å². The molecule has 0 spiro atoms. The maximum Gasteiger partial charge on any atom is 0.410 e. The number of aromatic nitrogens is 3. The third kappa shape index (κ3) is 10.2. The zero-order chi connectivity index (χ0) is 40.7. The first kappa shape index (κ1) is 41.3. The lowest BCUT2D eigenvalue weighted by molar-refractivity contribution is 0.0208. The van der Waals surface area contributed by atoms with Crippen LogP contribution < -0.4 is 24.5 Å². The molecule has 1 aliphatic rings. The monoisotopic (exact) mass is 861 g/mol. The number of anilines is 1. The quantitative estimate of drug-likeness (QED) is 0.0790. The summed E-state index contributed by atoms with van der Waals surface area (Å²) in [7, 11) is 1.61. The van der Waals surface area contributed by atoms with E-state index in [2.05, 4.69) is 30.8 Å². The van der Waals surface area contributed by atoms with Crippen LogP contribution in [0.3, 0.4) is 0 Å². The van der Waals surface area contributed by atoms with E-state index in [0.29, 0.717) is 51.2 Å². The number of hydrogen-bond donors (Lipinski definition) is 0. The summed E-state index contributed by atoms with van der Waals surface area (Å²) < 4.78 is 31.1. The predicted octanol–water partition coefficient (Wildman–Crippen LogP) is 8.25. The molecule has 1 saturated heterocycles. The van der Waals surface area contributed by atoms with Crippen molar-refractivity contribution >= 4 is 56.2 Å². The first-order valence-electron chi connectivity index (χ1n) is 18.6. The van der Waals surface area contributed by atoms with Crippen LogP contribution in [0.25, 0.3) is 16.6 Å². The van der Waals surface area contributed by atoms with Gasteiger partial charge in [-0.05, 0) is 111 Å². The summed E-state index contributed by atoms with van der Waals surface area (Å²) >= 11 is 10.3. The van der Waals surface area contributed by atoms with Crippen molar-refractivity contribution in [1.29, 1.82) is 0 Å². The van der Waals surface area contributed by atoms with E-state index in [9.17, 15) is 14.4 Å². The standard InChI is InChI=1S/C42H45BrClN5O8/c1-6-54-40(51)32-25-49(28-13-16-37(43)46-23-28)34-22-35(33(44)21-31(34)38(32)50)48-18-8-9-29(48)26-56-39-36(10-7-17-45-39)55-20-19-47(41(52)57-42(2,3)4)24-27-11-14-30(53-5)15-12-27/h7,10-17,21-23,25,29H,6,8-9,18-20,24,26H2,1-5H3. The highest BCUT2D eigenvalue weighted by molar-refractivity contribution is 9.10. The van der Waals surface area contributed by atoms with Crippen LogP contribution in [-0.4, -0.2) is 83.2 Å². The second-order valence-corrected chi connectivity index (χ2v) is 15.5. The number of rotatable bonds is 14. The first-order chi connectivity index (χ1) is 27.3. The maximum absolute atomic E-state index is 13.6. The lowest BCUT2D eigenvalue weighted by atomic mass is 10.1. The Morgan fingerprint density at radius 1 is 1.05 bits per heavy atom. The molecule has 15 heteroatoms. The van der Waals surface area contributed by atoms with E-state index in [0.717, 1.165) is 24.2 Å². The van der Waals surface area contributed by atoms with Gasteiger partial charge in [-0.25, -0.2) is 19.6 Å². The molecule has 1 amide bonds. The smallest absolute Gasteiger partial charge is 0.410 e. The van der Waals surface area contributed by atoms with Gasteiger partial charge in [-0.15, -0.1) is 0 Å². The van der Waals surface area contributed by atoms with E-state index in [-0.39, 0.29) is 43.4 Å². The molecule has 300 valence electrons. The molecule has 57 heavy (non-hydrogen) atoms. The first-order valence-corrected chi connectivity index (χ1v) is 19.8. The van der Waals surface area contributed by atoms with Crippen molar-refractivity contribution in [2.24, 2.45) is 0 Å². The van der Waals surface area contributed by atoms with Crippen LogP contribution in [0.15, 0.2) is 88.7 Å². The molecule has 0 radical (unpaired) electrons. The Bertz CT molecular complexity index is 2260. The number of hydrogen-bond acceptors (Lipinski definition) is 11. The van der Waals surface area contributed by atoms with Gasteiger partial charge in [-0.1, -0.05) is 23.7 Å². The molecule has 3 aromatic heterocycles. The lowest BCUT2D eigenvalue weighted by Crippen LogP contribution is -2.38. The third-order valence-corrected chi connectivity index (χ3v) is 9.97. The van der Waals surface area contributed by atoms with Gasteiger partial charge in [0.1, 0.15) is 34.7 Å². The van der Waals surface area contributed by atoms with Gasteiger partial charge in [0.15, 0.2) is 5.75 Å². The van der Waals surface area contributed by atoms with Gasteiger partial charge in [0, 0.05) is 30.9 Å². The van der Waals surface area contributed by atoms with Gasteiger partial charge in [0.25, 0.3) is 5.88 Å². The molecule has 1 atom stereocenters. The normalized spacial score (nSPS) is 14.0. The van der Waals surface area contributed by atoms with Crippen LogP contribution in [0.5, 0.6) is 17.4 Å². The minimum atomic E-state index is -0.716. The molecule has 0 N–H and O–H groups in total. The minimum absolute atomic E-state index is 0.0877. The van der Waals surface area contributed by atoms with Crippen molar-refractivity contribution in [3.05, 3.63) is 110 Å². The number of nitrogens with zero attached hydrogens (tertiary/aromatic N) is 5. The van der Waals surface area contributed by atoms with Crippen LogP contribution >= 0.6 is 27.5 Å². The SMILES string of the molecule is CCOC(=O)c1cn(-c2ccc(Br)nc2)c2cc(N3CCCC3COc3ncccc3OCCN(Cc3ccc(OC)cc3)C(=O)OC(C)(C)C)c(Cl)cc2c1=O. The Hall–Kier alpha value is -5.34. The summed E-state index contributed by atoms with van der Waals surface area (Å²) in [5.41, 5.74) is 1.57. The molecule has 0 aliphatic carbocycles. The molecular weight excluding hydrogens is 818 g/mol. The van der Waals surface area contributed by atoms with E-state index in [1.807, 2.05) is 57.2 Å². The van der Waals surface area contributed by atoms with E-state index >= 15 is 0 Å². The molecule has 5 aromatic rings. The summed E-state index contributed by atoms with van der Waals surface area (Å²) in [5.74, 6) is 0.759. The van der Waals surface area contributed by atoms with Gasteiger partial charge in [-0.2, -0.15) is 0 Å². The number of fused-ring (bicyclic) bond motifs is 1. The van der Waals surface area contributed by atoms with Crippen LogP contribution in [0.2, 0.25) is 5.02 Å². The zero-order valence-electron chi connectivity index (χ0n) is 32.5. The Morgan fingerprint density at radius 3 is 2.54 bits per heavy atom. The minimum Gasteiger partial charge on any atom is -0.497 e. The Kier molecular flexibility index (Phi) is 13.2. The number of carbonyl (C=O) groups excluding carboxylic acids is 2. The van der Waals surface area contributed by atoms with Crippen molar-refractivity contribution in [3.8, 4) is 23.1 Å². The number of methoxy groups -OCH3 is 1. The number of pyridine rings is 3. The summed E-state index contributed by atoms with van der Waals surface area (Å²) in [5, 5.41) is 0.632. The largest absolute Gasteiger partial charge is 0.497 e. The average Bonchev–Trinajstić information content (AvgIpc) is 3.65. The number of halogens is 2. The van der Waals surface area contributed by atoms with Crippen molar-refractivity contribution in [2.45, 2.75) is 58.7 Å². The summed E-state index contributed by atoms with van der Waals surface area (Å²) in [6, 6.07) is 18.0. The van der Waals surface area contributed by atoms with Gasteiger partial charge < -0.3 is 38.1 Å². The van der Waals surface area contributed by atoms with Crippen LogP contribution in [0.1, 0.15) is 56.5 Å². The highest BCUT2D eigenvalue weighted by Crippen LogP contribution is 2.36. The summed E-state index contributed by atoms with van der Waals surface area (Å²) in [4.78, 5) is 52.3. The fourth-order valence-electron chi connectivity index (χ4n) is 6.51. The van der Waals surface area contributed by atoms with Crippen molar-refractivity contribution in [3.63, 3.8) is 0 Å². The van der Waals surface area contributed by atoms with E-state index < -0.39 is 23.1 Å². The molecular formula is C42H45BrClN5O8. The molecule has 0 bridgehead atoms. The Labute approximate surface area is 344 Å². The zero-order valence-corrected chi connectivity index (χ0v) is 34.8. The fraction of sp³-hybridized carbons (Fsp3) is 0.357. The number of benzene rings is 2. The topological polar surface area (TPSA) is 135 Å². The second-order valence-electron chi connectivity index (χ2n) is 14.3. The van der Waals surface area contributed by atoms with Gasteiger partial charge in [0.05, 0.1) is 54.4 Å². The number of ether oxygens (including phenoxy) is 5. The summed E-state index contributed by atoms with van der Waals surface area (Å²) in [6.07, 6.45) is 6.01. The molecule has 1 fully saturated rings. The number of esters is 1. The van der Waals surface area contributed by atoms with Crippen molar-refractivity contribution < 1.29 is 33.3 Å². The summed E-state index contributed by atoms with van der Waals surface area (Å²) in [6.45, 7) is 8.99. The Balaban J connectivity index is 1.20. The molecule has 1 unspecified atom stereocenters. The van der Waals surface area contributed by atoms with Crippen molar-refractivity contribution in [1.82, 2.24) is 19.4 Å². The van der Waals surface area contributed by atoms with Gasteiger partial charge in [0.2, 0.25) is 5.43 Å². The van der Waals surface area contributed by atoms with Crippen LogP contribution in [0.4, 0.5) is 10.5 Å². The average molecular weight is 863 g/mol. The Morgan fingerprint density at radius 2 is 1.84 bits per heavy atom. The molecule has 2 aromatic carbocycles. The molecule has 1 aliphatic heterocycles.